The summed E-state index contributed by atoms with van der Waals surface area (Å²) in [7, 11) is 2.25. The van der Waals surface area contributed by atoms with Crippen LogP contribution in [0.1, 0.15) is 77.0 Å². The number of nitrogens with zero attached hydrogens (tertiary/aromatic N) is 2. The van der Waals surface area contributed by atoms with E-state index in [0.29, 0.717) is 29.6 Å². The summed E-state index contributed by atoms with van der Waals surface area (Å²) >= 11 is 0. The summed E-state index contributed by atoms with van der Waals surface area (Å²) in [5.41, 5.74) is 0.177. The summed E-state index contributed by atoms with van der Waals surface area (Å²) < 4.78 is 0. The van der Waals surface area contributed by atoms with Crippen LogP contribution in [-0.4, -0.2) is 59.6 Å². The number of hydrogen-bond donors (Lipinski definition) is 1. The fraction of sp³-hybridized carbons (Fsp3) is 0.957. The van der Waals surface area contributed by atoms with Crippen LogP contribution in [0, 0.1) is 22.7 Å². The molecule has 4 bridgehead atoms. The lowest BCUT2D eigenvalue weighted by atomic mass is 9.47. The Kier molecular flexibility index (Phi) is 4.40. The maximum absolute atomic E-state index is 13.2. The van der Waals surface area contributed by atoms with Crippen molar-refractivity contribution in [3.8, 4) is 0 Å². The van der Waals surface area contributed by atoms with Gasteiger partial charge in [0, 0.05) is 19.5 Å². The summed E-state index contributed by atoms with van der Waals surface area (Å²) in [6, 6.07) is 0. The van der Waals surface area contributed by atoms with Crippen LogP contribution >= 0.6 is 0 Å². The van der Waals surface area contributed by atoms with Gasteiger partial charge in [0.1, 0.15) is 0 Å². The van der Waals surface area contributed by atoms with Gasteiger partial charge in [0.15, 0.2) is 0 Å². The zero-order valence-corrected chi connectivity index (χ0v) is 17.2. The number of carbonyl (C=O) groups excluding carboxylic acids is 1. The molecule has 1 amide bonds. The Hall–Kier alpha value is -0.610. The number of likely N-dealkylation sites (tertiary alicyclic amines) is 2. The lowest BCUT2D eigenvalue weighted by Gasteiger charge is -2.60. The SMILES string of the molecule is CN1CCCC2(CC1)CCN(C(=O)CC13CC4CC(CC(O)(C4)C1)C3)CC2. The fourth-order valence-corrected chi connectivity index (χ4v) is 8.16. The molecular weight excluding hydrogens is 336 g/mol. The fourth-order valence-electron chi connectivity index (χ4n) is 8.16. The van der Waals surface area contributed by atoms with Crippen LogP contribution in [0.5, 0.6) is 0 Å². The number of carbonyl (C=O) groups is 1. The number of rotatable bonds is 2. The van der Waals surface area contributed by atoms with Crippen molar-refractivity contribution in [2.24, 2.45) is 22.7 Å². The topological polar surface area (TPSA) is 43.8 Å². The quantitative estimate of drug-likeness (QED) is 0.805. The van der Waals surface area contributed by atoms with Gasteiger partial charge in [-0.05, 0) is 113 Å². The van der Waals surface area contributed by atoms with Gasteiger partial charge < -0.3 is 14.9 Å². The molecule has 152 valence electrons. The molecule has 0 aromatic rings. The molecular formula is C23H38N2O2. The maximum atomic E-state index is 13.2. The highest BCUT2D eigenvalue weighted by molar-refractivity contribution is 5.77. The van der Waals surface area contributed by atoms with Crippen LogP contribution < -0.4 is 0 Å². The molecule has 4 heteroatoms. The monoisotopic (exact) mass is 374 g/mol. The molecule has 6 aliphatic rings. The van der Waals surface area contributed by atoms with E-state index in [4.69, 9.17) is 0 Å². The second kappa shape index (κ2) is 6.45. The summed E-state index contributed by atoms with van der Waals surface area (Å²) in [5, 5.41) is 11.0. The van der Waals surface area contributed by atoms with Gasteiger partial charge >= 0.3 is 0 Å². The average Bonchev–Trinajstić information content (AvgIpc) is 2.75. The molecule has 0 aromatic heterocycles. The molecule has 2 heterocycles. The molecule has 1 N–H and O–H groups in total. The zero-order valence-electron chi connectivity index (χ0n) is 17.2. The molecule has 0 radical (unpaired) electrons. The van der Waals surface area contributed by atoms with Crippen molar-refractivity contribution in [3.05, 3.63) is 0 Å². The molecule has 4 aliphatic carbocycles. The number of aliphatic hydroxyl groups is 1. The van der Waals surface area contributed by atoms with Crippen LogP contribution in [0.2, 0.25) is 0 Å². The van der Waals surface area contributed by atoms with E-state index in [0.717, 1.165) is 32.4 Å². The lowest BCUT2D eigenvalue weighted by Crippen LogP contribution is -2.57. The molecule has 6 rings (SSSR count). The van der Waals surface area contributed by atoms with Gasteiger partial charge in [-0.1, -0.05) is 0 Å². The predicted molar refractivity (Wildman–Crippen MR) is 106 cm³/mol. The molecule has 2 atom stereocenters. The summed E-state index contributed by atoms with van der Waals surface area (Å²) in [4.78, 5) is 17.9. The van der Waals surface area contributed by atoms with Crippen LogP contribution in [0.25, 0.3) is 0 Å². The molecule has 1 spiro atoms. The zero-order chi connectivity index (χ0) is 18.7. The Morgan fingerprint density at radius 2 is 1.63 bits per heavy atom. The van der Waals surface area contributed by atoms with E-state index in [-0.39, 0.29) is 5.41 Å². The van der Waals surface area contributed by atoms with Gasteiger partial charge in [0.05, 0.1) is 5.60 Å². The third-order valence-corrected chi connectivity index (χ3v) is 9.13. The van der Waals surface area contributed by atoms with Crippen molar-refractivity contribution < 1.29 is 9.90 Å². The molecule has 4 nitrogen and oxygen atoms in total. The number of hydrogen-bond acceptors (Lipinski definition) is 3. The van der Waals surface area contributed by atoms with E-state index in [1.165, 1.54) is 64.5 Å². The van der Waals surface area contributed by atoms with E-state index in [1.807, 2.05) is 0 Å². The van der Waals surface area contributed by atoms with Crippen LogP contribution in [-0.2, 0) is 4.79 Å². The molecule has 6 fully saturated rings. The Morgan fingerprint density at radius 1 is 0.963 bits per heavy atom. The molecule has 0 aromatic carbocycles. The highest BCUT2D eigenvalue weighted by Gasteiger charge is 2.57. The van der Waals surface area contributed by atoms with E-state index in [9.17, 15) is 9.90 Å². The smallest absolute Gasteiger partial charge is 0.223 e. The van der Waals surface area contributed by atoms with Gasteiger partial charge in [-0.15, -0.1) is 0 Å². The van der Waals surface area contributed by atoms with Gasteiger partial charge in [0.25, 0.3) is 0 Å². The Balaban J connectivity index is 1.21. The second-order valence-electron chi connectivity index (χ2n) is 11.4. The van der Waals surface area contributed by atoms with Gasteiger partial charge in [0.2, 0.25) is 5.91 Å². The normalized spacial score (nSPS) is 43.9. The Bertz CT molecular complexity index is 581. The first kappa shape index (κ1) is 18.4. The number of piperidine rings is 1. The summed E-state index contributed by atoms with van der Waals surface area (Å²) in [6.07, 6.45) is 13.7. The minimum atomic E-state index is -0.442. The first-order valence-electron chi connectivity index (χ1n) is 11.6. The maximum Gasteiger partial charge on any atom is 0.223 e. The third-order valence-electron chi connectivity index (χ3n) is 9.13. The molecule has 27 heavy (non-hydrogen) atoms. The van der Waals surface area contributed by atoms with E-state index < -0.39 is 5.60 Å². The highest BCUT2D eigenvalue weighted by atomic mass is 16.3. The summed E-state index contributed by atoms with van der Waals surface area (Å²) in [5.74, 6) is 1.74. The van der Waals surface area contributed by atoms with Crippen LogP contribution in [0.4, 0.5) is 0 Å². The second-order valence-corrected chi connectivity index (χ2v) is 11.4. The average molecular weight is 375 g/mol. The van der Waals surface area contributed by atoms with Crippen LogP contribution in [0.15, 0.2) is 0 Å². The standard InChI is InChI=1S/C23H38N2O2/c1-24-7-2-3-21(4-8-24)5-9-25(10-6-21)20(26)16-22-12-18-11-19(13-22)15-23(27,14-18)17-22/h18-19,27H,2-17H2,1H3. The van der Waals surface area contributed by atoms with Crippen molar-refractivity contribution in [3.63, 3.8) is 0 Å². The van der Waals surface area contributed by atoms with E-state index in [1.54, 1.807) is 0 Å². The molecule has 2 unspecified atom stereocenters. The van der Waals surface area contributed by atoms with Gasteiger partial charge in [-0.25, -0.2) is 0 Å². The van der Waals surface area contributed by atoms with Crippen molar-refractivity contribution >= 4 is 5.91 Å². The van der Waals surface area contributed by atoms with E-state index >= 15 is 0 Å². The highest BCUT2D eigenvalue weighted by Crippen LogP contribution is 2.63. The minimum absolute atomic E-state index is 0.121. The Labute approximate surface area is 164 Å². The molecule has 2 saturated heterocycles. The lowest BCUT2D eigenvalue weighted by molar-refractivity contribution is -0.172. The largest absolute Gasteiger partial charge is 0.390 e. The first-order chi connectivity index (χ1) is 12.9. The third kappa shape index (κ3) is 3.46. The van der Waals surface area contributed by atoms with Crippen molar-refractivity contribution in [1.82, 2.24) is 9.80 Å². The first-order valence-corrected chi connectivity index (χ1v) is 11.6. The number of amides is 1. The van der Waals surface area contributed by atoms with Crippen LogP contribution in [0.3, 0.4) is 0 Å². The van der Waals surface area contributed by atoms with Crippen molar-refractivity contribution in [2.45, 2.75) is 82.7 Å². The van der Waals surface area contributed by atoms with Crippen molar-refractivity contribution in [1.29, 1.82) is 0 Å². The Morgan fingerprint density at radius 3 is 2.30 bits per heavy atom. The molecule has 4 saturated carbocycles. The predicted octanol–water partition coefficient (Wildman–Crippen LogP) is 3.43. The molecule has 2 aliphatic heterocycles. The minimum Gasteiger partial charge on any atom is -0.390 e. The van der Waals surface area contributed by atoms with Crippen molar-refractivity contribution in [2.75, 3.05) is 33.2 Å². The van der Waals surface area contributed by atoms with Gasteiger partial charge in [-0.3, -0.25) is 4.79 Å². The van der Waals surface area contributed by atoms with Gasteiger partial charge in [-0.2, -0.15) is 0 Å². The van der Waals surface area contributed by atoms with E-state index in [2.05, 4.69) is 16.8 Å². The summed E-state index contributed by atoms with van der Waals surface area (Å²) in [6.45, 7) is 4.39.